The van der Waals surface area contributed by atoms with Crippen molar-refractivity contribution >= 4 is 15.6 Å². The average Bonchev–Trinajstić information content (AvgIpc) is 2.75. The molecule has 0 aliphatic heterocycles. The van der Waals surface area contributed by atoms with Crippen molar-refractivity contribution in [3.05, 3.63) is 0 Å². The number of phosphoric acid groups is 2. The zero-order valence-corrected chi connectivity index (χ0v) is 24.1. The number of hydrogen-bond acceptors (Lipinski definition) is 10. The molecule has 1 radical (unpaired) electrons. The minimum atomic E-state index is -4.69. The van der Waals surface area contributed by atoms with E-state index in [4.69, 9.17) is 29.0 Å². The van der Waals surface area contributed by atoms with Crippen molar-refractivity contribution in [2.45, 2.75) is 76.9 Å². The summed E-state index contributed by atoms with van der Waals surface area (Å²) in [7, 11) is -9.28. The summed E-state index contributed by atoms with van der Waals surface area (Å²) in [4.78, 5) is 35.7. The minimum Gasteiger partial charge on any atom is -0.394 e. The van der Waals surface area contributed by atoms with E-state index >= 15 is 0 Å². The molecule has 223 valence electrons. The fraction of sp³-hybridized carbons (Fsp3) is 1.00. The first-order valence-corrected chi connectivity index (χ1v) is 15.1. The molecule has 0 aromatic carbocycles. The van der Waals surface area contributed by atoms with Gasteiger partial charge in [-0.1, -0.05) is 0 Å². The van der Waals surface area contributed by atoms with Gasteiger partial charge in [-0.3, -0.25) is 14.4 Å². The fourth-order valence-corrected chi connectivity index (χ4v) is 3.83. The van der Waals surface area contributed by atoms with Crippen LogP contribution in [0.1, 0.15) is 53.9 Å². The summed E-state index contributed by atoms with van der Waals surface area (Å²) in [6, 6.07) is -0.646. The molecule has 0 fully saturated rings. The highest BCUT2D eigenvalue weighted by Crippen LogP contribution is 2.37. The van der Waals surface area contributed by atoms with Crippen molar-refractivity contribution in [2.24, 2.45) is 0 Å². The van der Waals surface area contributed by atoms with Crippen LogP contribution in [0.15, 0.2) is 0 Å². The van der Waals surface area contributed by atoms with E-state index in [2.05, 4.69) is 25.0 Å². The topological polar surface area (TPSA) is 228 Å². The molecule has 0 aliphatic carbocycles. The summed E-state index contributed by atoms with van der Waals surface area (Å²) in [6.45, 7) is 8.73. The van der Waals surface area contributed by atoms with Crippen LogP contribution in [0.25, 0.3) is 0 Å². The summed E-state index contributed by atoms with van der Waals surface area (Å²) < 4.78 is 42.9. The molecule has 0 aliphatic rings. The quantitative estimate of drug-likeness (QED) is 0.0457. The van der Waals surface area contributed by atoms with Crippen molar-refractivity contribution in [3.8, 4) is 0 Å². The predicted molar refractivity (Wildman–Crippen MR) is 134 cm³/mol. The van der Waals surface area contributed by atoms with Crippen molar-refractivity contribution in [1.29, 1.82) is 0 Å². The fourth-order valence-electron chi connectivity index (χ4n) is 2.93. The van der Waals surface area contributed by atoms with Gasteiger partial charge >= 0.3 is 15.6 Å². The molecule has 0 saturated heterocycles. The molecule has 15 nitrogen and oxygen atoms in total. The smallest absolute Gasteiger partial charge is 0.394 e. The highest BCUT2D eigenvalue weighted by Gasteiger charge is 2.34. The first-order chi connectivity index (χ1) is 16.8. The van der Waals surface area contributed by atoms with Gasteiger partial charge in [-0.2, -0.15) is 0 Å². The van der Waals surface area contributed by atoms with Gasteiger partial charge in [0, 0.05) is 23.5 Å². The van der Waals surface area contributed by atoms with Gasteiger partial charge in [0.25, 0.3) is 0 Å². The normalized spacial score (nSPS) is 16.1. The Bertz CT molecular complexity index is 719. The van der Waals surface area contributed by atoms with Gasteiger partial charge < -0.3 is 44.8 Å². The second kappa shape index (κ2) is 16.9. The Morgan fingerprint density at radius 2 is 1.32 bits per heavy atom. The number of nitrogens with one attached hydrogen (secondary N) is 3. The van der Waals surface area contributed by atoms with Crippen LogP contribution in [0, 0.1) is 0 Å². The predicted octanol–water partition coefficient (Wildman–Crippen LogP) is 0.200. The molecule has 17 heteroatoms. The minimum absolute atomic E-state index is 0.0496. The summed E-state index contributed by atoms with van der Waals surface area (Å²) in [5, 5.41) is 30.2. The lowest BCUT2D eigenvalue weighted by Crippen LogP contribution is -2.56. The van der Waals surface area contributed by atoms with Gasteiger partial charge in [0.15, 0.2) is 0 Å². The van der Waals surface area contributed by atoms with Gasteiger partial charge in [0.05, 0.1) is 39.6 Å². The third-order valence-electron chi connectivity index (χ3n) is 4.90. The van der Waals surface area contributed by atoms with Crippen LogP contribution >= 0.6 is 15.6 Å². The Kier molecular flexibility index (Phi) is 16.9. The number of ether oxygens (including phenoxy) is 2. The van der Waals surface area contributed by atoms with Crippen molar-refractivity contribution in [2.75, 3.05) is 52.7 Å². The molecule has 0 heterocycles. The molecule has 37 heavy (non-hydrogen) atoms. The Hall–Kier alpha value is -0.0600. The van der Waals surface area contributed by atoms with Crippen molar-refractivity contribution in [1.82, 2.24) is 16.0 Å². The third kappa shape index (κ3) is 20.5. The Morgan fingerprint density at radius 3 is 1.76 bits per heavy atom. The molecule has 0 bridgehead atoms. The lowest BCUT2D eigenvalue weighted by Gasteiger charge is -2.37. The van der Waals surface area contributed by atoms with E-state index in [-0.39, 0.29) is 39.5 Å². The molecule has 0 rings (SSSR count). The van der Waals surface area contributed by atoms with Crippen LogP contribution in [0.3, 0.4) is 0 Å². The number of hydrogen-bond donors (Lipinski definition) is 8. The maximum atomic E-state index is 11.6. The number of aliphatic hydroxyl groups is 1. The zero-order chi connectivity index (χ0) is 28.8. The van der Waals surface area contributed by atoms with Gasteiger partial charge in [-0.05, 0) is 60.5 Å². The van der Waals surface area contributed by atoms with Gasteiger partial charge in [-0.25, -0.2) is 14.2 Å². The molecule has 0 saturated carbocycles. The van der Waals surface area contributed by atoms with E-state index in [1.807, 2.05) is 13.8 Å². The lowest BCUT2D eigenvalue weighted by molar-refractivity contribution is -0.270. The van der Waals surface area contributed by atoms with E-state index in [0.717, 1.165) is 0 Å². The average molecular weight is 583 g/mol. The summed E-state index contributed by atoms with van der Waals surface area (Å²) in [5.74, 6) is -1.54. The van der Waals surface area contributed by atoms with E-state index in [1.165, 1.54) is 0 Å². The molecule has 0 spiro atoms. The van der Waals surface area contributed by atoms with E-state index in [9.17, 15) is 19.3 Å². The molecular weight excluding hydrogens is 536 g/mol. The second-order valence-electron chi connectivity index (χ2n) is 9.99. The van der Waals surface area contributed by atoms with Gasteiger partial charge in [0.1, 0.15) is 0 Å². The first kappa shape index (κ1) is 36.9. The zero-order valence-electron chi connectivity index (χ0n) is 22.3. The SMILES string of the molecule is CC(COP(=O)(O)O)NC(CC[O])(OCCCNC(C)(C)CO)OCCCNC(C)(C)COP(=O)(O)O. The molecular formula is C20H46N3O12P2. The lowest BCUT2D eigenvalue weighted by atomic mass is 10.1. The number of phosphoric ester groups is 2. The third-order valence-corrected chi connectivity index (χ3v) is 5.85. The molecule has 0 aromatic heterocycles. The van der Waals surface area contributed by atoms with Crippen LogP contribution in [-0.4, -0.2) is 100 Å². The van der Waals surface area contributed by atoms with Crippen molar-refractivity contribution < 1.29 is 57.4 Å². The largest absolute Gasteiger partial charge is 0.469 e. The number of aliphatic hydroxyl groups excluding tert-OH is 1. The standard InChI is InChI=1S/C20H46N3O12P2/c1-17(14-34-36(26,27)28)23-20(8-11-24,32-12-6-9-21-18(2,3)15-25)33-13-7-10-22-19(4,5)16-35-37(29,30)31/h17,21-23,25H,6-16H2,1-5H3,(H2,26,27,28)(H2,29,30,31). The maximum Gasteiger partial charge on any atom is 0.469 e. The summed E-state index contributed by atoms with van der Waals surface area (Å²) >= 11 is 0. The van der Waals surface area contributed by atoms with E-state index in [1.54, 1.807) is 20.8 Å². The van der Waals surface area contributed by atoms with E-state index < -0.39 is 45.3 Å². The van der Waals surface area contributed by atoms with Crippen LogP contribution in [0.4, 0.5) is 0 Å². The van der Waals surface area contributed by atoms with Crippen molar-refractivity contribution in [3.63, 3.8) is 0 Å². The molecule has 0 amide bonds. The Morgan fingerprint density at radius 1 is 0.838 bits per heavy atom. The highest BCUT2D eigenvalue weighted by molar-refractivity contribution is 7.46. The molecule has 2 atom stereocenters. The first-order valence-electron chi connectivity index (χ1n) is 12.0. The molecule has 2 unspecified atom stereocenters. The van der Waals surface area contributed by atoms with Gasteiger partial charge in [0.2, 0.25) is 5.91 Å². The monoisotopic (exact) mass is 582 g/mol. The Labute approximate surface area is 219 Å². The number of rotatable bonds is 23. The highest BCUT2D eigenvalue weighted by atomic mass is 31.2. The second-order valence-corrected chi connectivity index (χ2v) is 12.5. The van der Waals surface area contributed by atoms with E-state index in [0.29, 0.717) is 25.9 Å². The van der Waals surface area contributed by atoms with Crippen LogP contribution in [0.5, 0.6) is 0 Å². The van der Waals surface area contributed by atoms with Crippen LogP contribution < -0.4 is 16.0 Å². The Balaban J connectivity index is 5.04. The molecule has 0 aromatic rings. The van der Waals surface area contributed by atoms with Crippen LogP contribution in [0.2, 0.25) is 0 Å². The maximum absolute atomic E-state index is 11.6. The molecule has 8 N–H and O–H groups in total. The van der Waals surface area contributed by atoms with Crippen LogP contribution in [-0.2, 0) is 32.8 Å². The summed E-state index contributed by atoms with van der Waals surface area (Å²) in [6.07, 6.45) is 0.861. The summed E-state index contributed by atoms with van der Waals surface area (Å²) in [5.41, 5.74) is -1.20. The van der Waals surface area contributed by atoms with Gasteiger partial charge in [-0.15, -0.1) is 0 Å².